The summed E-state index contributed by atoms with van der Waals surface area (Å²) in [5, 5.41) is 0.0704. The number of fused-ring (bicyclic) bond motifs is 1. The van der Waals surface area contributed by atoms with E-state index in [1.807, 2.05) is 0 Å². The summed E-state index contributed by atoms with van der Waals surface area (Å²) in [5.41, 5.74) is 0. The Balaban J connectivity index is 1.83. The van der Waals surface area contributed by atoms with Crippen LogP contribution in [0.2, 0.25) is 0 Å². The van der Waals surface area contributed by atoms with E-state index < -0.39 is 10.0 Å². The second-order valence-corrected chi connectivity index (χ2v) is 7.87. The van der Waals surface area contributed by atoms with Crippen molar-refractivity contribution in [3.8, 4) is 0 Å². The molecule has 1 aromatic rings. The number of ether oxygens (including phenoxy) is 1. The Morgan fingerprint density at radius 1 is 1.35 bits per heavy atom. The molecule has 0 radical (unpaired) electrons. The minimum absolute atomic E-state index is 0.0649. The molecular formula is C14H22N4O4S. The highest BCUT2D eigenvalue weighted by atomic mass is 32.2. The van der Waals surface area contributed by atoms with E-state index in [0.29, 0.717) is 39.0 Å². The number of carbonyl (C=O) groups excluding carboxylic acids is 1. The van der Waals surface area contributed by atoms with Crippen molar-refractivity contribution in [3.05, 3.63) is 12.5 Å². The molecule has 2 fully saturated rings. The van der Waals surface area contributed by atoms with Crippen molar-refractivity contribution in [1.29, 1.82) is 0 Å². The number of methoxy groups -OCH3 is 1. The highest BCUT2D eigenvalue weighted by molar-refractivity contribution is 7.89. The molecule has 0 aromatic carbocycles. The number of rotatable bonds is 5. The fourth-order valence-electron chi connectivity index (χ4n) is 3.53. The van der Waals surface area contributed by atoms with Crippen LogP contribution in [0, 0.1) is 0 Å². The van der Waals surface area contributed by atoms with Crippen molar-refractivity contribution in [2.45, 2.75) is 36.4 Å². The molecule has 3 rings (SSSR count). The van der Waals surface area contributed by atoms with Gasteiger partial charge in [0.1, 0.15) is 0 Å². The molecule has 8 nitrogen and oxygen atoms in total. The molecule has 9 heteroatoms. The molecule has 2 saturated heterocycles. The van der Waals surface area contributed by atoms with Crippen molar-refractivity contribution in [1.82, 2.24) is 18.8 Å². The summed E-state index contributed by atoms with van der Waals surface area (Å²) >= 11 is 0. The third-order valence-corrected chi connectivity index (χ3v) is 6.43. The number of imidazole rings is 1. The van der Waals surface area contributed by atoms with E-state index in [0.717, 1.165) is 0 Å². The summed E-state index contributed by atoms with van der Waals surface area (Å²) < 4.78 is 33.9. The van der Waals surface area contributed by atoms with Gasteiger partial charge in [0.05, 0.1) is 12.9 Å². The second kappa shape index (κ2) is 6.21. The molecule has 0 bridgehead atoms. The third kappa shape index (κ3) is 2.88. The molecule has 0 N–H and O–H groups in total. The highest BCUT2D eigenvalue weighted by Crippen LogP contribution is 2.34. The zero-order valence-corrected chi connectivity index (χ0v) is 14.2. The maximum Gasteiger partial charge on any atom is 0.262 e. The number of hydrogen-bond acceptors (Lipinski definition) is 5. The summed E-state index contributed by atoms with van der Waals surface area (Å²) in [5.74, 6) is 0.0837. The van der Waals surface area contributed by atoms with Crippen molar-refractivity contribution >= 4 is 15.9 Å². The van der Waals surface area contributed by atoms with Crippen LogP contribution in [0.3, 0.4) is 0 Å². The number of carbonyl (C=O) groups is 1. The van der Waals surface area contributed by atoms with Gasteiger partial charge in [-0.3, -0.25) is 4.79 Å². The number of sulfonamides is 1. The molecule has 128 valence electrons. The SMILES string of the molecule is COCCN1C(=O)CC[C@@H]2[C@H]1CCN2S(=O)(=O)c1cn(C)cn1. The van der Waals surface area contributed by atoms with Crippen LogP contribution in [-0.4, -0.2) is 72.0 Å². The van der Waals surface area contributed by atoms with E-state index >= 15 is 0 Å². The first-order valence-corrected chi connectivity index (χ1v) is 9.17. The van der Waals surface area contributed by atoms with Gasteiger partial charge in [-0.1, -0.05) is 0 Å². The maximum atomic E-state index is 12.8. The number of aryl methyl sites for hydroxylation is 1. The van der Waals surface area contributed by atoms with E-state index in [2.05, 4.69) is 4.98 Å². The van der Waals surface area contributed by atoms with E-state index in [4.69, 9.17) is 4.74 Å². The minimum atomic E-state index is -3.62. The molecule has 0 spiro atoms. The monoisotopic (exact) mass is 342 g/mol. The Morgan fingerprint density at radius 3 is 2.78 bits per heavy atom. The van der Waals surface area contributed by atoms with Gasteiger partial charge >= 0.3 is 0 Å². The van der Waals surface area contributed by atoms with Gasteiger partial charge in [0.15, 0.2) is 5.03 Å². The molecule has 2 aliphatic rings. The van der Waals surface area contributed by atoms with Crippen molar-refractivity contribution in [2.24, 2.45) is 7.05 Å². The van der Waals surface area contributed by atoms with Crippen LogP contribution >= 0.6 is 0 Å². The van der Waals surface area contributed by atoms with Crippen LogP contribution in [0.5, 0.6) is 0 Å². The average molecular weight is 342 g/mol. The number of piperidine rings is 1. The molecule has 0 aliphatic carbocycles. The molecule has 3 heterocycles. The summed E-state index contributed by atoms with van der Waals surface area (Å²) in [4.78, 5) is 17.9. The first-order valence-electron chi connectivity index (χ1n) is 7.73. The Bertz CT molecular complexity index is 687. The van der Waals surface area contributed by atoms with E-state index in [9.17, 15) is 13.2 Å². The van der Waals surface area contributed by atoms with E-state index in [1.54, 1.807) is 23.6 Å². The number of likely N-dealkylation sites (tertiary alicyclic amines) is 1. The van der Waals surface area contributed by atoms with E-state index in [-0.39, 0.29) is 23.0 Å². The van der Waals surface area contributed by atoms with Gasteiger partial charge in [-0.2, -0.15) is 4.31 Å². The molecule has 1 aromatic heterocycles. The first kappa shape index (κ1) is 16.4. The van der Waals surface area contributed by atoms with Crippen LogP contribution in [-0.2, 0) is 26.6 Å². The predicted octanol–water partition coefficient (Wildman–Crippen LogP) is -0.179. The lowest BCUT2D eigenvalue weighted by Crippen LogP contribution is -2.53. The smallest absolute Gasteiger partial charge is 0.262 e. The van der Waals surface area contributed by atoms with Crippen molar-refractivity contribution in [3.63, 3.8) is 0 Å². The molecule has 2 atom stereocenters. The predicted molar refractivity (Wildman–Crippen MR) is 82.1 cm³/mol. The zero-order chi connectivity index (χ0) is 16.6. The lowest BCUT2D eigenvalue weighted by atomic mass is 9.97. The number of nitrogens with zero attached hydrogens (tertiary/aromatic N) is 4. The molecule has 2 aliphatic heterocycles. The summed E-state index contributed by atoms with van der Waals surface area (Å²) in [6, 6.07) is -0.235. The van der Waals surface area contributed by atoms with Gasteiger partial charge in [-0.25, -0.2) is 13.4 Å². The molecule has 23 heavy (non-hydrogen) atoms. The number of amides is 1. The largest absolute Gasteiger partial charge is 0.383 e. The zero-order valence-electron chi connectivity index (χ0n) is 13.4. The van der Waals surface area contributed by atoms with Crippen molar-refractivity contribution in [2.75, 3.05) is 26.8 Å². The lowest BCUT2D eigenvalue weighted by Gasteiger charge is -2.39. The highest BCUT2D eigenvalue weighted by Gasteiger charge is 2.47. The van der Waals surface area contributed by atoms with Gasteiger partial charge < -0.3 is 14.2 Å². The lowest BCUT2D eigenvalue weighted by molar-refractivity contribution is -0.138. The van der Waals surface area contributed by atoms with Crippen LogP contribution in [0.1, 0.15) is 19.3 Å². The molecule has 0 saturated carbocycles. The van der Waals surface area contributed by atoms with E-state index in [1.165, 1.54) is 16.8 Å². The minimum Gasteiger partial charge on any atom is -0.383 e. The first-order chi connectivity index (χ1) is 10.9. The number of aromatic nitrogens is 2. The van der Waals surface area contributed by atoms with Gasteiger partial charge in [-0.05, 0) is 12.8 Å². The van der Waals surface area contributed by atoms with Gasteiger partial charge in [0.25, 0.3) is 10.0 Å². The fraction of sp³-hybridized carbons (Fsp3) is 0.714. The maximum absolute atomic E-state index is 12.8. The van der Waals surface area contributed by atoms with Crippen LogP contribution in [0.25, 0.3) is 0 Å². The fourth-order valence-corrected chi connectivity index (χ4v) is 5.20. The van der Waals surface area contributed by atoms with Crippen LogP contribution in [0.15, 0.2) is 17.6 Å². The summed E-state index contributed by atoms with van der Waals surface area (Å²) in [6.07, 6.45) is 4.60. The molecular weight excluding hydrogens is 320 g/mol. The molecule has 0 unspecified atom stereocenters. The van der Waals surface area contributed by atoms with Crippen LogP contribution in [0.4, 0.5) is 0 Å². The Labute approximate surface area is 136 Å². The topological polar surface area (TPSA) is 84.7 Å². The quantitative estimate of drug-likeness (QED) is 0.741. The van der Waals surface area contributed by atoms with Gasteiger partial charge in [0.2, 0.25) is 5.91 Å². The normalized spacial score (nSPS) is 25.8. The summed E-state index contributed by atoms with van der Waals surface area (Å²) in [6.45, 7) is 1.39. The Hall–Kier alpha value is -1.45. The summed E-state index contributed by atoms with van der Waals surface area (Å²) in [7, 11) is -0.281. The number of hydrogen-bond donors (Lipinski definition) is 0. The Morgan fingerprint density at radius 2 is 2.13 bits per heavy atom. The van der Waals surface area contributed by atoms with Crippen molar-refractivity contribution < 1.29 is 17.9 Å². The van der Waals surface area contributed by atoms with Gasteiger partial charge in [0, 0.05) is 51.9 Å². The standard InChI is InChI=1S/C14H22N4O4S/c1-16-9-13(15-10-16)23(20,21)18-6-5-11-12(18)3-4-14(19)17(11)7-8-22-2/h9-12H,3-8H2,1-2H3/t11-,12-/m1/s1. The van der Waals surface area contributed by atoms with Gasteiger partial charge in [-0.15, -0.1) is 0 Å². The van der Waals surface area contributed by atoms with Crippen LogP contribution < -0.4 is 0 Å². The third-order valence-electron chi connectivity index (χ3n) is 4.62. The average Bonchev–Trinajstić information content (AvgIpc) is 3.13. The second-order valence-electron chi connectivity index (χ2n) is 6.04. The molecule has 1 amide bonds. The Kier molecular flexibility index (Phi) is 4.43.